The molecule has 0 radical (unpaired) electrons. The van der Waals surface area contributed by atoms with E-state index in [2.05, 4.69) is 41.1 Å². The molecule has 0 fully saturated rings. The Bertz CT molecular complexity index is 679. The number of nitrogens with zero attached hydrogens (tertiary/aromatic N) is 3. The van der Waals surface area contributed by atoms with Crippen LogP contribution in [-0.2, 0) is 0 Å². The predicted octanol–water partition coefficient (Wildman–Crippen LogP) is 4.72. The van der Waals surface area contributed by atoms with E-state index in [0.717, 1.165) is 36.0 Å². The van der Waals surface area contributed by atoms with E-state index in [1.807, 2.05) is 30.3 Å². The van der Waals surface area contributed by atoms with Gasteiger partial charge < -0.3 is 14.4 Å². The van der Waals surface area contributed by atoms with Crippen molar-refractivity contribution >= 4 is 17.1 Å². The van der Waals surface area contributed by atoms with E-state index in [-0.39, 0.29) is 0 Å². The Morgan fingerprint density at radius 3 is 2.13 bits per heavy atom. The van der Waals surface area contributed by atoms with Crippen molar-refractivity contribution < 1.29 is 9.47 Å². The average molecular weight is 311 g/mol. The van der Waals surface area contributed by atoms with Crippen LogP contribution in [0.5, 0.6) is 11.5 Å². The van der Waals surface area contributed by atoms with Crippen molar-refractivity contribution in [3.8, 4) is 11.5 Å². The lowest BCUT2D eigenvalue weighted by atomic mass is 10.2. The zero-order valence-corrected chi connectivity index (χ0v) is 13.5. The molecule has 0 N–H and O–H groups in total. The number of hydrogen-bond donors (Lipinski definition) is 0. The predicted molar refractivity (Wildman–Crippen MR) is 91.6 cm³/mol. The minimum atomic E-state index is 0.570. The van der Waals surface area contributed by atoms with E-state index in [9.17, 15) is 0 Å². The van der Waals surface area contributed by atoms with Crippen LogP contribution in [0.3, 0.4) is 0 Å². The fraction of sp³-hybridized carbons (Fsp3) is 0.333. The van der Waals surface area contributed by atoms with Crippen LogP contribution in [0.25, 0.3) is 0 Å². The molecule has 0 amide bonds. The number of hydrogen-bond acceptors (Lipinski definition) is 5. The number of benzene rings is 2. The summed E-state index contributed by atoms with van der Waals surface area (Å²) in [6, 6.07) is 13.7. The first-order chi connectivity index (χ1) is 11.3. The van der Waals surface area contributed by atoms with Gasteiger partial charge in [-0.2, -0.15) is 10.2 Å². The molecular formula is C18H21N3O2. The SMILES string of the molecule is CCN(CC)c1ccc(N=Nc2ccc3c(c2)OCCO3)cc1. The largest absolute Gasteiger partial charge is 0.486 e. The van der Waals surface area contributed by atoms with Crippen LogP contribution in [0.2, 0.25) is 0 Å². The molecule has 5 nitrogen and oxygen atoms in total. The standard InChI is InChI=1S/C18H21N3O2/c1-3-21(4-2)16-8-5-14(6-9-16)19-20-15-7-10-17-18(13-15)23-12-11-22-17/h5-10,13H,3-4,11-12H2,1-2H3. The number of anilines is 1. The average Bonchev–Trinajstić information content (AvgIpc) is 2.62. The van der Waals surface area contributed by atoms with Gasteiger partial charge in [0.25, 0.3) is 0 Å². The smallest absolute Gasteiger partial charge is 0.163 e. The molecule has 3 rings (SSSR count). The van der Waals surface area contributed by atoms with E-state index in [1.54, 1.807) is 0 Å². The van der Waals surface area contributed by atoms with Gasteiger partial charge in [-0.05, 0) is 50.2 Å². The molecule has 2 aromatic carbocycles. The van der Waals surface area contributed by atoms with Crippen molar-refractivity contribution in [1.82, 2.24) is 0 Å². The van der Waals surface area contributed by atoms with Gasteiger partial charge in [0.1, 0.15) is 13.2 Å². The van der Waals surface area contributed by atoms with Crippen molar-refractivity contribution in [3.63, 3.8) is 0 Å². The molecular weight excluding hydrogens is 290 g/mol. The van der Waals surface area contributed by atoms with Gasteiger partial charge >= 0.3 is 0 Å². The summed E-state index contributed by atoms with van der Waals surface area (Å²) in [5, 5.41) is 8.56. The van der Waals surface area contributed by atoms with Crippen LogP contribution in [0, 0.1) is 0 Å². The van der Waals surface area contributed by atoms with Gasteiger partial charge in [-0.25, -0.2) is 0 Å². The molecule has 2 aromatic rings. The molecule has 0 atom stereocenters. The highest BCUT2D eigenvalue weighted by Gasteiger charge is 2.11. The molecule has 1 aliphatic rings. The van der Waals surface area contributed by atoms with Gasteiger partial charge in [0.15, 0.2) is 11.5 Å². The molecule has 5 heteroatoms. The third-order valence-corrected chi connectivity index (χ3v) is 3.78. The number of azo groups is 1. The minimum absolute atomic E-state index is 0.570. The van der Waals surface area contributed by atoms with Crippen molar-refractivity contribution in [2.45, 2.75) is 13.8 Å². The van der Waals surface area contributed by atoms with Crippen LogP contribution >= 0.6 is 0 Å². The summed E-state index contributed by atoms with van der Waals surface area (Å²) in [5.41, 5.74) is 2.78. The van der Waals surface area contributed by atoms with Gasteiger partial charge in [0.2, 0.25) is 0 Å². The Kier molecular flexibility index (Phi) is 4.76. The van der Waals surface area contributed by atoms with Crippen LogP contribution in [0.4, 0.5) is 17.1 Å². The van der Waals surface area contributed by atoms with Crippen molar-refractivity contribution in [2.24, 2.45) is 10.2 Å². The monoisotopic (exact) mass is 311 g/mol. The lowest BCUT2D eigenvalue weighted by molar-refractivity contribution is 0.171. The topological polar surface area (TPSA) is 46.4 Å². The van der Waals surface area contributed by atoms with Crippen molar-refractivity contribution in [3.05, 3.63) is 42.5 Å². The van der Waals surface area contributed by atoms with Crippen LogP contribution in [-0.4, -0.2) is 26.3 Å². The lowest BCUT2D eigenvalue weighted by Gasteiger charge is -2.20. The van der Waals surface area contributed by atoms with E-state index < -0.39 is 0 Å². The van der Waals surface area contributed by atoms with Gasteiger partial charge in [0, 0.05) is 24.8 Å². The molecule has 0 bridgehead atoms. The molecule has 0 aliphatic carbocycles. The summed E-state index contributed by atoms with van der Waals surface area (Å²) in [6.07, 6.45) is 0. The van der Waals surface area contributed by atoms with Crippen molar-refractivity contribution in [1.29, 1.82) is 0 Å². The molecule has 0 unspecified atom stereocenters. The Morgan fingerprint density at radius 1 is 0.826 bits per heavy atom. The second-order valence-corrected chi connectivity index (χ2v) is 5.22. The van der Waals surface area contributed by atoms with Gasteiger partial charge in [-0.1, -0.05) is 0 Å². The van der Waals surface area contributed by atoms with Gasteiger partial charge in [0.05, 0.1) is 11.4 Å². The lowest BCUT2D eigenvalue weighted by Crippen LogP contribution is -2.21. The summed E-state index contributed by atoms with van der Waals surface area (Å²) in [5.74, 6) is 1.49. The second kappa shape index (κ2) is 7.13. The highest BCUT2D eigenvalue weighted by molar-refractivity contribution is 5.54. The Labute approximate surface area is 136 Å². The molecule has 1 heterocycles. The molecule has 0 spiro atoms. The molecule has 120 valence electrons. The number of fused-ring (bicyclic) bond motifs is 1. The first kappa shape index (κ1) is 15.3. The number of rotatable bonds is 5. The minimum Gasteiger partial charge on any atom is -0.486 e. The Morgan fingerprint density at radius 2 is 1.43 bits per heavy atom. The van der Waals surface area contributed by atoms with E-state index in [0.29, 0.717) is 13.2 Å². The Hall–Kier alpha value is -2.56. The molecule has 0 saturated carbocycles. The van der Waals surface area contributed by atoms with Crippen molar-refractivity contribution in [2.75, 3.05) is 31.2 Å². The summed E-state index contributed by atoms with van der Waals surface area (Å²) in [7, 11) is 0. The first-order valence-corrected chi connectivity index (χ1v) is 7.96. The van der Waals surface area contributed by atoms with Crippen LogP contribution in [0.15, 0.2) is 52.7 Å². The van der Waals surface area contributed by atoms with Crippen LogP contribution in [0.1, 0.15) is 13.8 Å². The third-order valence-electron chi connectivity index (χ3n) is 3.78. The summed E-state index contributed by atoms with van der Waals surface area (Å²) in [4.78, 5) is 2.29. The van der Waals surface area contributed by atoms with E-state index >= 15 is 0 Å². The maximum Gasteiger partial charge on any atom is 0.163 e. The highest BCUT2D eigenvalue weighted by atomic mass is 16.6. The molecule has 0 saturated heterocycles. The van der Waals surface area contributed by atoms with E-state index in [4.69, 9.17) is 9.47 Å². The fourth-order valence-corrected chi connectivity index (χ4v) is 2.53. The molecule has 23 heavy (non-hydrogen) atoms. The van der Waals surface area contributed by atoms with Crippen LogP contribution < -0.4 is 14.4 Å². The Balaban J connectivity index is 1.72. The van der Waals surface area contributed by atoms with E-state index in [1.165, 1.54) is 5.69 Å². The van der Waals surface area contributed by atoms with Gasteiger partial charge in [-0.15, -0.1) is 0 Å². The quantitative estimate of drug-likeness (QED) is 0.751. The second-order valence-electron chi connectivity index (χ2n) is 5.22. The molecule has 0 aromatic heterocycles. The van der Waals surface area contributed by atoms with Gasteiger partial charge in [-0.3, -0.25) is 0 Å². The number of ether oxygens (including phenoxy) is 2. The summed E-state index contributed by atoms with van der Waals surface area (Å²) in [6.45, 7) is 7.45. The highest BCUT2D eigenvalue weighted by Crippen LogP contribution is 2.34. The maximum atomic E-state index is 5.55. The zero-order chi connectivity index (χ0) is 16.1. The zero-order valence-electron chi connectivity index (χ0n) is 13.5. The fourth-order valence-electron chi connectivity index (χ4n) is 2.53. The maximum absolute atomic E-state index is 5.55. The summed E-state index contributed by atoms with van der Waals surface area (Å²) >= 11 is 0. The summed E-state index contributed by atoms with van der Waals surface area (Å²) < 4.78 is 11.0. The third kappa shape index (κ3) is 3.62. The normalized spacial score (nSPS) is 13.3. The first-order valence-electron chi connectivity index (χ1n) is 7.96. The molecule has 1 aliphatic heterocycles.